The number of hydrogen-bond acceptors (Lipinski definition) is 4. The summed E-state index contributed by atoms with van der Waals surface area (Å²) in [5, 5.41) is 4.40. The number of aryl methyl sites for hydroxylation is 2. The Balaban J connectivity index is 1.48. The second kappa shape index (κ2) is 9.63. The maximum Gasteiger partial charge on any atom is 0.323 e. The largest absolute Gasteiger partial charge is 0.497 e. The fourth-order valence-corrected chi connectivity index (χ4v) is 7.07. The van der Waals surface area contributed by atoms with Crippen molar-refractivity contribution in [3.63, 3.8) is 0 Å². The molecule has 6 nitrogen and oxygen atoms in total. The maximum atomic E-state index is 14.2. The van der Waals surface area contributed by atoms with Crippen LogP contribution in [-0.4, -0.2) is 29.7 Å². The fraction of sp³-hybridized carbons (Fsp3) is 0.300. The number of methoxy groups -OCH3 is 2. The molecule has 2 aliphatic rings. The van der Waals surface area contributed by atoms with E-state index in [2.05, 4.69) is 59.4 Å². The number of hydrogen-bond donors (Lipinski definition) is 1. The van der Waals surface area contributed by atoms with Crippen LogP contribution in [0.2, 0.25) is 0 Å². The van der Waals surface area contributed by atoms with E-state index in [-0.39, 0.29) is 12.1 Å². The Kier molecular flexibility index (Phi) is 6.16. The molecular weight excluding hydrogens is 482 g/mol. The van der Waals surface area contributed by atoms with Gasteiger partial charge in [0.15, 0.2) is 0 Å². The van der Waals surface area contributed by atoms with Crippen molar-refractivity contribution in [2.24, 2.45) is 0 Å². The Bertz CT molecular complexity index is 1470. The highest BCUT2D eigenvalue weighted by Crippen LogP contribution is 2.44. The molecule has 0 unspecified atom stereocenters. The third-order valence-corrected chi connectivity index (χ3v) is 8.78. The summed E-state index contributed by atoms with van der Waals surface area (Å²) in [4.78, 5) is 17.6. The molecule has 1 atom stereocenters. The summed E-state index contributed by atoms with van der Waals surface area (Å²) in [6, 6.07) is 17.8. The standard InChI is InChI=1S/C30H31N3O3S/c1-19-8-6-9-20(16-19)28-25-11-7-15-32(25)29-23(22-10-4-5-12-27(22)37-29)18-33(28)30(34)31-24-14-13-21(35-2)17-26(24)36-3/h6-9,11,13-17,28H,4-5,10,12,18H2,1-3H3,(H,31,34)/t28-/m0/s1. The average Bonchev–Trinajstić information content (AvgIpc) is 3.50. The van der Waals surface area contributed by atoms with Gasteiger partial charge in [-0.1, -0.05) is 29.8 Å². The molecule has 4 aromatic rings. The van der Waals surface area contributed by atoms with E-state index >= 15 is 0 Å². The molecule has 0 radical (unpaired) electrons. The first-order valence-corrected chi connectivity index (χ1v) is 13.6. The van der Waals surface area contributed by atoms with Gasteiger partial charge in [-0.05, 0) is 68.0 Å². The molecule has 1 aliphatic carbocycles. The zero-order valence-electron chi connectivity index (χ0n) is 21.4. The van der Waals surface area contributed by atoms with Crippen LogP contribution >= 0.6 is 11.3 Å². The highest BCUT2D eigenvalue weighted by Gasteiger charge is 2.36. The summed E-state index contributed by atoms with van der Waals surface area (Å²) in [6.07, 6.45) is 6.78. The predicted molar refractivity (Wildman–Crippen MR) is 147 cm³/mol. The number of thiophene rings is 1. The van der Waals surface area contributed by atoms with Crippen LogP contribution in [0.1, 0.15) is 51.7 Å². The van der Waals surface area contributed by atoms with Gasteiger partial charge in [0.2, 0.25) is 0 Å². The van der Waals surface area contributed by atoms with Crippen LogP contribution in [0, 0.1) is 6.92 Å². The van der Waals surface area contributed by atoms with Gasteiger partial charge >= 0.3 is 6.03 Å². The molecule has 2 aromatic heterocycles. The predicted octanol–water partition coefficient (Wildman–Crippen LogP) is 6.88. The van der Waals surface area contributed by atoms with Gasteiger partial charge in [0, 0.05) is 22.7 Å². The summed E-state index contributed by atoms with van der Waals surface area (Å²) in [6.45, 7) is 2.64. The van der Waals surface area contributed by atoms with Crippen LogP contribution in [0.15, 0.2) is 60.8 Å². The topological polar surface area (TPSA) is 55.7 Å². The number of aromatic nitrogens is 1. The molecule has 2 aromatic carbocycles. The summed E-state index contributed by atoms with van der Waals surface area (Å²) < 4.78 is 13.2. The third-order valence-electron chi connectivity index (χ3n) is 7.45. The van der Waals surface area contributed by atoms with Crippen molar-refractivity contribution in [2.75, 3.05) is 19.5 Å². The number of fused-ring (bicyclic) bond motifs is 5. The first-order valence-electron chi connectivity index (χ1n) is 12.7. The second-order valence-corrected chi connectivity index (χ2v) is 10.8. The van der Waals surface area contributed by atoms with E-state index in [9.17, 15) is 4.79 Å². The Morgan fingerprint density at radius 3 is 2.68 bits per heavy atom. The smallest absolute Gasteiger partial charge is 0.323 e. The second-order valence-electron chi connectivity index (χ2n) is 9.74. The van der Waals surface area contributed by atoms with E-state index in [4.69, 9.17) is 9.47 Å². The Morgan fingerprint density at radius 1 is 1.00 bits per heavy atom. The van der Waals surface area contributed by atoms with E-state index < -0.39 is 0 Å². The van der Waals surface area contributed by atoms with Crippen LogP contribution in [0.5, 0.6) is 11.5 Å². The molecule has 0 bridgehead atoms. The fourth-order valence-electron chi connectivity index (χ4n) is 5.67. The van der Waals surface area contributed by atoms with E-state index in [1.165, 1.54) is 39.4 Å². The number of urea groups is 1. The maximum absolute atomic E-state index is 14.2. The minimum absolute atomic E-state index is 0.161. The van der Waals surface area contributed by atoms with E-state index in [1.54, 1.807) is 20.3 Å². The molecule has 0 saturated heterocycles. The van der Waals surface area contributed by atoms with E-state index in [0.717, 1.165) is 24.1 Å². The lowest BCUT2D eigenvalue weighted by Gasteiger charge is -2.32. The normalized spacial score (nSPS) is 16.3. The monoisotopic (exact) mass is 513 g/mol. The minimum Gasteiger partial charge on any atom is -0.497 e. The summed E-state index contributed by atoms with van der Waals surface area (Å²) in [7, 11) is 3.22. The highest BCUT2D eigenvalue weighted by molar-refractivity contribution is 7.15. The number of anilines is 1. The Morgan fingerprint density at radius 2 is 1.86 bits per heavy atom. The van der Waals surface area contributed by atoms with Crippen molar-refractivity contribution >= 4 is 23.1 Å². The van der Waals surface area contributed by atoms with Crippen molar-refractivity contribution in [3.05, 3.63) is 93.6 Å². The summed E-state index contributed by atoms with van der Waals surface area (Å²) in [5.41, 5.74) is 6.70. The van der Waals surface area contributed by atoms with Gasteiger partial charge in [0.25, 0.3) is 0 Å². The van der Waals surface area contributed by atoms with Crippen LogP contribution in [0.3, 0.4) is 0 Å². The number of ether oxygens (including phenoxy) is 2. The molecular formula is C30H31N3O3S. The molecule has 2 amide bonds. The van der Waals surface area contributed by atoms with E-state index in [0.29, 0.717) is 23.7 Å². The molecule has 190 valence electrons. The van der Waals surface area contributed by atoms with Gasteiger partial charge < -0.3 is 24.3 Å². The van der Waals surface area contributed by atoms with Crippen molar-refractivity contribution < 1.29 is 14.3 Å². The summed E-state index contributed by atoms with van der Waals surface area (Å²) >= 11 is 1.90. The number of amides is 2. The van der Waals surface area contributed by atoms with Crippen molar-refractivity contribution in [1.29, 1.82) is 0 Å². The minimum atomic E-state index is -0.238. The molecule has 0 spiro atoms. The Labute approximate surface area is 221 Å². The lowest BCUT2D eigenvalue weighted by Crippen LogP contribution is -2.38. The first-order chi connectivity index (χ1) is 18.1. The quantitative estimate of drug-likeness (QED) is 0.324. The molecule has 0 saturated carbocycles. The molecule has 1 N–H and O–H groups in total. The lowest BCUT2D eigenvalue weighted by molar-refractivity contribution is 0.194. The molecule has 37 heavy (non-hydrogen) atoms. The van der Waals surface area contributed by atoms with Crippen LogP contribution in [0.25, 0.3) is 5.00 Å². The number of nitrogens with zero attached hydrogens (tertiary/aromatic N) is 2. The van der Waals surface area contributed by atoms with Crippen molar-refractivity contribution in [2.45, 2.75) is 45.2 Å². The van der Waals surface area contributed by atoms with Gasteiger partial charge in [-0.25, -0.2) is 4.79 Å². The zero-order valence-corrected chi connectivity index (χ0v) is 22.2. The molecule has 0 fully saturated rings. The SMILES string of the molecule is COc1ccc(NC(=O)N2Cc3c(sc4c3CCCC4)-n3cccc3[C@@H]2c2cccc(C)c2)c(OC)c1. The number of rotatable bonds is 4. The number of benzene rings is 2. The number of nitrogens with one attached hydrogen (secondary N) is 1. The number of carbonyl (C=O) groups is 1. The van der Waals surface area contributed by atoms with E-state index in [1.807, 2.05) is 28.4 Å². The third kappa shape index (κ3) is 4.17. The number of carbonyl (C=O) groups excluding carboxylic acids is 1. The van der Waals surface area contributed by atoms with Crippen LogP contribution < -0.4 is 14.8 Å². The molecule has 3 heterocycles. The van der Waals surface area contributed by atoms with Gasteiger partial charge in [0.1, 0.15) is 16.5 Å². The van der Waals surface area contributed by atoms with Crippen molar-refractivity contribution in [3.8, 4) is 16.5 Å². The van der Waals surface area contributed by atoms with Crippen LogP contribution in [-0.2, 0) is 19.4 Å². The molecule has 7 heteroatoms. The highest BCUT2D eigenvalue weighted by atomic mass is 32.1. The van der Waals surface area contributed by atoms with Gasteiger partial charge in [-0.3, -0.25) is 0 Å². The summed E-state index contributed by atoms with van der Waals surface area (Å²) in [5.74, 6) is 1.24. The van der Waals surface area contributed by atoms with Gasteiger partial charge in [-0.2, -0.15) is 0 Å². The average molecular weight is 514 g/mol. The van der Waals surface area contributed by atoms with Crippen LogP contribution in [0.4, 0.5) is 10.5 Å². The Hall–Kier alpha value is -3.71. The van der Waals surface area contributed by atoms with Gasteiger partial charge in [0.05, 0.1) is 38.2 Å². The first kappa shape index (κ1) is 23.7. The zero-order chi connectivity index (χ0) is 25.5. The molecule has 6 rings (SSSR count). The van der Waals surface area contributed by atoms with Gasteiger partial charge in [-0.15, -0.1) is 11.3 Å². The lowest BCUT2D eigenvalue weighted by atomic mass is 9.95. The molecule has 1 aliphatic heterocycles. The van der Waals surface area contributed by atoms with Crippen molar-refractivity contribution in [1.82, 2.24) is 9.47 Å².